The highest BCUT2D eigenvalue weighted by Gasteiger charge is 2.13. The van der Waals surface area contributed by atoms with Crippen LogP contribution < -0.4 is 10.6 Å². The molecule has 1 aromatic heterocycles. The van der Waals surface area contributed by atoms with Crippen LogP contribution in [0.3, 0.4) is 0 Å². The van der Waals surface area contributed by atoms with Gasteiger partial charge in [0.1, 0.15) is 0 Å². The molecule has 20 heavy (non-hydrogen) atoms. The molecule has 2 heterocycles. The Labute approximate surface area is 124 Å². The van der Waals surface area contributed by atoms with Crippen molar-refractivity contribution >= 4 is 17.2 Å². The number of rotatable bonds is 7. The topological polar surface area (TPSA) is 50.4 Å². The number of hydrogen-bond acceptors (Lipinski definition) is 4. The van der Waals surface area contributed by atoms with Gasteiger partial charge in [0.05, 0.1) is 19.3 Å². The molecule has 0 radical (unpaired) electrons. The van der Waals surface area contributed by atoms with E-state index >= 15 is 0 Å². The Morgan fingerprint density at radius 2 is 2.15 bits per heavy atom. The molecule has 1 aromatic rings. The van der Waals surface area contributed by atoms with Crippen molar-refractivity contribution < 1.29 is 9.53 Å². The average molecular weight is 296 g/mol. The van der Waals surface area contributed by atoms with Crippen LogP contribution in [0, 0.1) is 0 Å². The maximum Gasteiger partial charge on any atom is 0.222 e. The predicted octanol–water partition coefficient (Wildman–Crippen LogP) is 2.09. The van der Waals surface area contributed by atoms with Crippen molar-refractivity contribution in [2.45, 2.75) is 45.3 Å². The van der Waals surface area contributed by atoms with Gasteiger partial charge in [0.2, 0.25) is 5.91 Å². The fourth-order valence-corrected chi connectivity index (χ4v) is 3.16. The lowest BCUT2D eigenvalue weighted by molar-refractivity contribution is -0.122. The minimum Gasteiger partial charge on any atom is -0.378 e. The monoisotopic (exact) mass is 296 g/mol. The second-order valence-corrected chi connectivity index (χ2v) is 6.32. The SMILES string of the molecule is CCc1ccc(CNC(=O)CCOC2CCNCC2)s1. The minimum atomic E-state index is 0.0744. The fourth-order valence-electron chi connectivity index (χ4n) is 2.26. The molecule has 1 amide bonds. The molecule has 0 saturated carbocycles. The average Bonchev–Trinajstić information content (AvgIpc) is 2.94. The fraction of sp³-hybridized carbons (Fsp3) is 0.667. The first-order chi connectivity index (χ1) is 9.78. The predicted molar refractivity (Wildman–Crippen MR) is 82.0 cm³/mol. The third-order valence-electron chi connectivity index (χ3n) is 3.49. The van der Waals surface area contributed by atoms with E-state index in [-0.39, 0.29) is 5.91 Å². The lowest BCUT2D eigenvalue weighted by atomic mass is 10.1. The zero-order valence-electron chi connectivity index (χ0n) is 12.1. The third-order valence-corrected chi connectivity index (χ3v) is 4.72. The Hall–Kier alpha value is -0.910. The van der Waals surface area contributed by atoms with Crippen molar-refractivity contribution in [1.82, 2.24) is 10.6 Å². The molecule has 1 saturated heterocycles. The molecule has 1 fully saturated rings. The van der Waals surface area contributed by atoms with Gasteiger partial charge in [0.25, 0.3) is 0 Å². The molecule has 1 aliphatic rings. The number of carbonyl (C=O) groups is 1. The Bertz CT molecular complexity index is 414. The Morgan fingerprint density at radius 1 is 1.40 bits per heavy atom. The van der Waals surface area contributed by atoms with Crippen LogP contribution in [-0.2, 0) is 22.5 Å². The molecule has 1 aliphatic heterocycles. The number of amides is 1. The van der Waals surface area contributed by atoms with Gasteiger partial charge < -0.3 is 15.4 Å². The standard InChI is InChI=1S/C15H24N2O2S/c1-2-13-3-4-14(20-13)11-17-15(18)7-10-19-12-5-8-16-9-6-12/h3-4,12,16H,2,5-11H2,1H3,(H,17,18). The number of aryl methyl sites for hydroxylation is 1. The third kappa shape index (κ3) is 5.23. The summed E-state index contributed by atoms with van der Waals surface area (Å²) < 4.78 is 5.73. The van der Waals surface area contributed by atoms with Crippen molar-refractivity contribution in [3.05, 3.63) is 21.9 Å². The van der Waals surface area contributed by atoms with Crippen molar-refractivity contribution in [3.8, 4) is 0 Å². The summed E-state index contributed by atoms with van der Waals surface area (Å²) in [7, 11) is 0. The van der Waals surface area contributed by atoms with Gasteiger partial charge in [-0.05, 0) is 44.5 Å². The summed E-state index contributed by atoms with van der Waals surface area (Å²) in [6.07, 6.45) is 3.94. The first kappa shape index (κ1) is 15.5. The number of nitrogens with one attached hydrogen (secondary N) is 2. The second-order valence-electron chi connectivity index (χ2n) is 5.07. The normalized spacial score (nSPS) is 16.2. The molecule has 0 spiro atoms. The molecule has 0 bridgehead atoms. The Kier molecular flexibility index (Phi) is 6.50. The van der Waals surface area contributed by atoms with Gasteiger partial charge >= 0.3 is 0 Å². The summed E-state index contributed by atoms with van der Waals surface area (Å²) in [6, 6.07) is 4.22. The number of carbonyl (C=O) groups excluding carboxylic acids is 1. The molecule has 2 rings (SSSR count). The van der Waals surface area contributed by atoms with Crippen LogP contribution in [0.15, 0.2) is 12.1 Å². The van der Waals surface area contributed by atoms with Gasteiger partial charge in [-0.25, -0.2) is 0 Å². The first-order valence-corrected chi connectivity index (χ1v) is 8.26. The first-order valence-electron chi connectivity index (χ1n) is 7.44. The van der Waals surface area contributed by atoms with Crippen LogP contribution in [-0.4, -0.2) is 31.7 Å². The van der Waals surface area contributed by atoms with E-state index in [9.17, 15) is 4.79 Å². The van der Waals surface area contributed by atoms with E-state index in [0.29, 0.717) is 25.7 Å². The summed E-state index contributed by atoms with van der Waals surface area (Å²) in [4.78, 5) is 14.3. The molecule has 112 valence electrons. The summed E-state index contributed by atoms with van der Waals surface area (Å²) in [5.74, 6) is 0.0744. The lowest BCUT2D eigenvalue weighted by Crippen LogP contribution is -2.33. The van der Waals surface area contributed by atoms with Crippen LogP contribution in [0.5, 0.6) is 0 Å². The smallest absolute Gasteiger partial charge is 0.222 e. The Morgan fingerprint density at radius 3 is 2.85 bits per heavy atom. The zero-order valence-corrected chi connectivity index (χ0v) is 12.9. The minimum absolute atomic E-state index is 0.0744. The molecule has 0 aromatic carbocycles. The van der Waals surface area contributed by atoms with E-state index in [1.54, 1.807) is 11.3 Å². The number of thiophene rings is 1. The van der Waals surface area contributed by atoms with Crippen LogP contribution in [0.25, 0.3) is 0 Å². The summed E-state index contributed by atoms with van der Waals surface area (Å²) in [6.45, 7) is 5.36. The van der Waals surface area contributed by atoms with E-state index in [4.69, 9.17) is 4.74 Å². The summed E-state index contributed by atoms with van der Waals surface area (Å²) in [5.41, 5.74) is 0. The van der Waals surface area contributed by atoms with Gasteiger partial charge in [0, 0.05) is 16.2 Å². The second kappa shape index (κ2) is 8.39. The van der Waals surface area contributed by atoms with Crippen molar-refractivity contribution in [1.29, 1.82) is 0 Å². The highest BCUT2D eigenvalue weighted by Crippen LogP contribution is 2.16. The molecule has 0 aliphatic carbocycles. The van der Waals surface area contributed by atoms with Crippen molar-refractivity contribution in [2.75, 3.05) is 19.7 Å². The molecular weight excluding hydrogens is 272 g/mol. The van der Waals surface area contributed by atoms with Gasteiger partial charge in [-0.15, -0.1) is 11.3 Å². The van der Waals surface area contributed by atoms with Crippen LogP contribution in [0.1, 0.15) is 35.9 Å². The Balaban J connectivity index is 1.57. The largest absolute Gasteiger partial charge is 0.378 e. The van der Waals surface area contributed by atoms with E-state index in [1.807, 2.05) is 0 Å². The molecule has 0 unspecified atom stereocenters. The number of hydrogen-bond donors (Lipinski definition) is 2. The quantitative estimate of drug-likeness (QED) is 0.810. The number of piperidine rings is 1. The van der Waals surface area contributed by atoms with Crippen LogP contribution in [0.4, 0.5) is 0 Å². The zero-order chi connectivity index (χ0) is 14.2. The maximum absolute atomic E-state index is 11.7. The molecule has 4 nitrogen and oxygen atoms in total. The highest BCUT2D eigenvalue weighted by atomic mass is 32.1. The molecule has 0 atom stereocenters. The van der Waals surface area contributed by atoms with Gasteiger partial charge in [0.15, 0.2) is 0 Å². The van der Waals surface area contributed by atoms with Gasteiger partial charge in [-0.3, -0.25) is 4.79 Å². The van der Waals surface area contributed by atoms with E-state index in [0.717, 1.165) is 32.4 Å². The molecular formula is C15H24N2O2S. The van der Waals surface area contributed by atoms with Gasteiger partial charge in [-0.1, -0.05) is 6.92 Å². The molecule has 2 N–H and O–H groups in total. The van der Waals surface area contributed by atoms with E-state index in [1.165, 1.54) is 9.75 Å². The van der Waals surface area contributed by atoms with Crippen molar-refractivity contribution in [3.63, 3.8) is 0 Å². The highest BCUT2D eigenvalue weighted by molar-refractivity contribution is 7.11. The summed E-state index contributed by atoms with van der Waals surface area (Å²) >= 11 is 1.77. The van der Waals surface area contributed by atoms with Crippen LogP contribution >= 0.6 is 11.3 Å². The van der Waals surface area contributed by atoms with E-state index in [2.05, 4.69) is 29.7 Å². The molecule has 5 heteroatoms. The number of ether oxygens (including phenoxy) is 1. The van der Waals surface area contributed by atoms with Crippen molar-refractivity contribution in [2.24, 2.45) is 0 Å². The van der Waals surface area contributed by atoms with Crippen LogP contribution in [0.2, 0.25) is 0 Å². The maximum atomic E-state index is 11.7. The lowest BCUT2D eigenvalue weighted by Gasteiger charge is -2.22. The van der Waals surface area contributed by atoms with E-state index < -0.39 is 0 Å². The van der Waals surface area contributed by atoms with Gasteiger partial charge in [-0.2, -0.15) is 0 Å². The summed E-state index contributed by atoms with van der Waals surface area (Å²) in [5, 5.41) is 6.25.